The molecule has 1 fully saturated rings. The monoisotopic (exact) mass is 214 g/mol. The molecule has 1 saturated heterocycles. The minimum atomic E-state index is 0.160. The first-order valence-corrected chi connectivity index (χ1v) is 5.73. The van der Waals surface area contributed by atoms with Gasteiger partial charge in [-0.1, -0.05) is 6.92 Å². The van der Waals surface area contributed by atoms with Crippen LogP contribution >= 0.6 is 0 Å². The first-order valence-electron chi connectivity index (χ1n) is 5.73. The Balaban J connectivity index is 2.08. The van der Waals surface area contributed by atoms with Crippen LogP contribution in [0.5, 0.6) is 0 Å². The first-order chi connectivity index (χ1) is 7.25. The summed E-state index contributed by atoms with van der Waals surface area (Å²) in [6, 6.07) is 0. The number of hydrogen-bond acceptors (Lipinski definition) is 3. The Kier molecular flexibility index (Phi) is 5.65. The van der Waals surface area contributed by atoms with Crippen molar-refractivity contribution in [3.63, 3.8) is 0 Å². The van der Waals surface area contributed by atoms with Crippen molar-refractivity contribution in [2.75, 3.05) is 33.4 Å². The minimum absolute atomic E-state index is 0.160. The molecule has 0 saturated carbocycles. The number of amides is 1. The van der Waals surface area contributed by atoms with Gasteiger partial charge in [0.05, 0.1) is 5.92 Å². The zero-order valence-corrected chi connectivity index (χ0v) is 9.71. The third kappa shape index (κ3) is 4.18. The summed E-state index contributed by atoms with van der Waals surface area (Å²) in [6.45, 7) is 5.45. The second-order valence-corrected chi connectivity index (χ2v) is 4.23. The first kappa shape index (κ1) is 12.5. The van der Waals surface area contributed by atoms with Gasteiger partial charge in [-0.2, -0.15) is 0 Å². The molecule has 2 atom stereocenters. The quantitative estimate of drug-likeness (QED) is 0.629. The van der Waals surface area contributed by atoms with Crippen LogP contribution in [0.3, 0.4) is 0 Å². The standard InChI is InChI=1S/C11H22N2O2/c1-9-7-12-8-10(9)11(14)13-5-3-4-6-15-2/h9-10,12H,3-8H2,1-2H3,(H,13,14)/t9-,10-/m1/s1. The molecule has 0 unspecified atom stereocenters. The average molecular weight is 214 g/mol. The van der Waals surface area contributed by atoms with E-state index in [1.807, 2.05) is 0 Å². The highest BCUT2D eigenvalue weighted by molar-refractivity contribution is 5.79. The van der Waals surface area contributed by atoms with Crippen molar-refractivity contribution in [1.82, 2.24) is 10.6 Å². The molecule has 1 heterocycles. The van der Waals surface area contributed by atoms with Crippen LogP contribution in [-0.4, -0.2) is 39.3 Å². The maximum Gasteiger partial charge on any atom is 0.224 e. The summed E-state index contributed by atoms with van der Waals surface area (Å²) in [6.07, 6.45) is 2.00. The molecule has 4 heteroatoms. The van der Waals surface area contributed by atoms with Gasteiger partial charge in [0.25, 0.3) is 0 Å². The van der Waals surface area contributed by atoms with E-state index in [2.05, 4.69) is 17.6 Å². The normalized spacial score (nSPS) is 25.5. The summed E-state index contributed by atoms with van der Waals surface area (Å²) in [4.78, 5) is 11.7. The van der Waals surface area contributed by atoms with E-state index in [1.165, 1.54) is 0 Å². The van der Waals surface area contributed by atoms with Gasteiger partial charge in [-0.05, 0) is 25.3 Å². The van der Waals surface area contributed by atoms with Gasteiger partial charge in [0.1, 0.15) is 0 Å². The maximum absolute atomic E-state index is 11.7. The molecular weight excluding hydrogens is 192 g/mol. The van der Waals surface area contributed by atoms with Crippen LogP contribution in [0.2, 0.25) is 0 Å². The Morgan fingerprint density at radius 1 is 1.47 bits per heavy atom. The second-order valence-electron chi connectivity index (χ2n) is 4.23. The van der Waals surface area contributed by atoms with Crippen LogP contribution in [0.1, 0.15) is 19.8 Å². The molecule has 0 aliphatic carbocycles. The van der Waals surface area contributed by atoms with Gasteiger partial charge in [-0.25, -0.2) is 0 Å². The third-order valence-corrected chi connectivity index (χ3v) is 2.93. The number of carbonyl (C=O) groups excluding carboxylic acids is 1. The summed E-state index contributed by atoms with van der Waals surface area (Å²) >= 11 is 0. The van der Waals surface area contributed by atoms with E-state index in [4.69, 9.17) is 4.74 Å². The molecule has 15 heavy (non-hydrogen) atoms. The van der Waals surface area contributed by atoms with Crippen LogP contribution in [-0.2, 0) is 9.53 Å². The lowest BCUT2D eigenvalue weighted by atomic mass is 9.97. The molecule has 0 aromatic carbocycles. The molecule has 1 aliphatic rings. The largest absolute Gasteiger partial charge is 0.385 e. The number of carbonyl (C=O) groups is 1. The Hall–Kier alpha value is -0.610. The predicted octanol–water partition coefficient (Wildman–Crippen LogP) is 0.385. The van der Waals surface area contributed by atoms with Crippen LogP contribution < -0.4 is 10.6 Å². The third-order valence-electron chi connectivity index (χ3n) is 2.93. The highest BCUT2D eigenvalue weighted by Gasteiger charge is 2.28. The van der Waals surface area contributed by atoms with Crippen molar-refractivity contribution in [2.45, 2.75) is 19.8 Å². The SMILES string of the molecule is COCCCCNC(=O)[C@@H]1CNC[C@H]1C. The molecule has 1 amide bonds. The summed E-state index contributed by atoms with van der Waals surface area (Å²) in [5.74, 6) is 0.821. The van der Waals surface area contributed by atoms with E-state index in [-0.39, 0.29) is 11.8 Å². The van der Waals surface area contributed by atoms with E-state index in [0.29, 0.717) is 5.92 Å². The molecule has 2 N–H and O–H groups in total. The molecule has 0 aromatic heterocycles. The fourth-order valence-corrected chi connectivity index (χ4v) is 1.88. The summed E-state index contributed by atoms with van der Waals surface area (Å²) < 4.78 is 4.94. The summed E-state index contributed by atoms with van der Waals surface area (Å²) in [7, 11) is 1.70. The zero-order chi connectivity index (χ0) is 11.1. The van der Waals surface area contributed by atoms with Crippen molar-refractivity contribution in [1.29, 1.82) is 0 Å². The summed E-state index contributed by atoms with van der Waals surface area (Å²) in [5, 5.41) is 6.21. The van der Waals surface area contributed by atoms with Gasteiger partial charge in [0.2, 0.25) is 5.91 Å². The van der Waals surface area contributed by atoms with Crippen molar-refractivity contribution in [3.05, 3.63) is 0 Å². The van der Waals surface area contributed by atoms with Crippen LogP contribution in [0.4, 0.5) is 0 Å². The van der Waals surface area contributed by atoms with Crippen molar-refractivity contribution in [3.8, 4) is 0 Å². The van der Waals surface area contributed by atoms with Crippen molar-refractivity contribution >= 4 is 5.91 Å². The predicted molar refractivity (Wildman–Crippen MR) is 59.6 cm³/mol. The minimum Gasteiger partial charge on any atom is -0.385 e. The molecular formula is C11H22N2O2. The van der Waals surface area contributed by atoms with Gasteiger partial charge in [0.15, 0.2) is 0 Å². The fraction of sp³-hybridized carbons (Fsp3) is 0.909. The Labute approximate surface area is 91.8 Å². The van der Waals surface area contributed by atoms with E-state index in [0.717, 1.165) is 39.1 Å². The smallest absolute Gasteiger partial charge is 0.224 e. The van der Waals surface area contributed by atoms with Gasteiger partial charge >= 0.3 is 0 Å². The molecule has 0 aromatic rings. The highest BCUT2D eigenvalue weighted by Crippen LogP contribution is 2.15. The topological polar surface area (TPSA) is 50.4 Å². The molecule has 0 spiro atoms. The van der Waals surface area contributed by atoms with E-state index < -0.39 is 0 Å². The molecule has 1 aliphatic heterocycles. The Bertz CT molecular complexity index is 197. The summed E-state index contributed by atoms with van der Waals surface area (Å²) in [5.41, 5.74) is 0. The van der Waals surface area contributed by atoms with Gasteiger partial charge in [-0.15, -0.1) is 0 Å². The van der Waals surface area contributed by atoms with Crippen molar-refractivity contribution in [2.24, 2.45) is 11.8 Å². The number of unbranched alkanes of at least 4 members (excludes halogenated alkanes) is 1. The van der Waals surface area contributed by atoms with Gasteiger partial charge in [-0.3, -0.25) is 4.79 Å². The highest BCUT2D eigenvalue weighted by atomic mass is 16.5. The lowest BCUT2D eigenvalue weighted by Gasteiger charge is -2.13. The molecule has 88 valence electrons. The van der Waals surface area contributed by atoms with Crippen LogP contribution in [0, 0.1) is 11.8 Å². The zero-order valence-electron chi connectivity index (χ0n) is 9.71. The fourth-order valence-electron chi connectivity index (χ4n) is 1.88. The number of rotatable bonds is 6. The lowest BCUT2D eigenvalue weighted by Crippen LogP contribution is -2.34. The average Bonchev–Trinajstić information content (AvgIpc) is 2.64. The number of ether oxygens (including phenoxy) is 1. The lowest BCUT2D eigenvalue weighted by molar-refractivity contribution is -0.125. The van der Waals surface area contributed by atoms with E-state index in [1.54, 1.807) is 7.11 Å². The second kappa shape index (κ2) is 6.80. The van der Waals surface area contributed by atoms with Crippen LogP contribution in [0.25, 0.3) is 0 Å². The number of nitrogens with one attached hydrogen (secondary N) is 2. The van der Waals surface area contributed by atoms with Crippen molar-refractivity contribution < 1.29 is 9.53 Å². The van der Waals surface area contributed by atoms with E-state index in [9.17, 15) is 4.79 Å². The van der Waals surface area contributed by atoms with Gasteiger partial charge < -0.3 is 15.4 Å². The molecule has 0 radical (unpaired) electrons. The number of hydrogen-bond donors (Lipinski definition) is 2. The molecule has 0 bridgehead atoms. The van der Waals surface area contributed by atoms with Crippen LogP contribution in [0.15, 0.2) is 0 Å². The molecule has 1 rings (SSSR count). The number of methoxy groups -OCH3 is 1. The molecule has 4 nitrogen and oxygen atoms in total. The van der Waals surface area contributed by atoms with E-state index >= 15 is 0 Å². The Morgan fingerprint density at radius 2 is 2.27 bits per heavy atom. The maximum atomic E-state index is 11.7. The van der Waals surface area contributed by atoms with Gasteiger partial charge in [0, 0.05) is 26.8 Å². The Morgan fingerprint density at radius 3 is 2.87 bits per heavy atom.